The summed E-state index contributed by atoms with van der Waals surface area (Å²) < 4.78 is 0. The van der Waals surface area contributed by atoms with E-state index in [9.17, 15) is 9.59 Å². The van der Waals surface area contributed by atoms with Gasteiger partial charge in [-0.1, -0.05) is 18.2 Å². The second-order valence-electron chi connectivity index (χ2n) is 3.08. The van der Waals surface area contributed by atoms with Gasteiger partial charge in [0.15, 0.2) is 0 Å². The van der Waals surface area contributed by atoms with Crippen LogP contribution in [0.15, 0.2) is 30.3 Å². The molecule has 86 valence electrons. The maximum atomic E-state index is 11.6. The lowest BCUT2D eigenvalue weighted by molar-refractivity contribution is -0.123. The van der Waals surface area contributed by atoms with Gasteiger partial charge in [0.2, 0.25) is 0 Å². The zero-order valence-corrected chi connectivity index (χ0v) is 8.51. The van der Waals surface area contributed by atoms with Gasteiger partial charge in [0.25, 0.3) is 11.8 Å². The molecule has 0 unspecified atom stereocenters. The summed E-state index contributed by atoms with van der Waals surface area (Å²) >= 11 is 0. The maximum absolute atomic E-state index is 11.6. The number of carbonyl (C=O) groups is 2. The molecule has 0 spiro atoms. The normalized spacial score (nSPS) is 11.6. The van der Waals surface area contributed by atoms with Crippen molar-refractivity contribution in [2.45, 2.75) is 6.04 Å². The number of hydrazine groups is 1. The zero-order chi connectivity index (χ0) is 12.0. The minimum Gasteiger partial charge on any atom is -0.394 e. The number of nitrogens with two attached hydrogens (primary N) is 1. The Kier molecular flexibility index (Phi) is 4.43. The fourth-order valence-corrected chi connectivity index (χ4v) is 1.13. The molecular formula is C10H13N3O3. The van der Waals surface area contributed by atoms with E-state index >= 15 is 0 Å². The Bertz CT molecular complexity index is 367. The molecule has 0 aliphatic rings. The van der Waals surface area contributed by atoms with Gasteiger partial charge in [-0.05, 0) is 12.1 Å². The number of aliphatic hydroxyl groups is 1. The summed E-state index contributed by atoms with van der Waals surface area (Å²) in [6, 6.07) is 7.33. The second kappa shape index (κ2) is 5.84. The number of carbonyl (C=O) groups excluding carboxylic acids is 2. The van der Waals surface area contributed by atoms with Crippen molar-refractivity contribution in [3.63, 3.8) is 0 Å². The largest absolute Gasteiger partial charge is 0.394 e. The summed E-state index contributed by atoms with van der Waals surface area (Å²) in [6.45, 7) is -0.512. The molecule has 0 saturated carbocycles. The third-order valence-corrected chi connectivity index (χ3v) is 1.98. The van der Waals surface area contributed by atoms with Crippen LogP contribution < -0.4 is 16.6 Å². The van der Waals surface area contributed by atoms with Crippen molar-refractivity contribution >= 4 is 11.8 Å². The molecule has 0 radical (unpaired) electrons. The summed E-state index contributed by atoms with van der Waals surface area (Å²) in [4.78, 5) is 22.7. The van der Waals surface area contributed by atoms with Gasteiger partial charge in [-0.2, -0.15) is 0 Å². The molecule has 0 aliphatic carbocycles. The van der Waals surface area contributed by atoms with Crippen molar-refractivity contribution in [3.05, 3.63) is 35.9 Å². The fourth-order valence-electron chi connectivity index (χ4n) is 1.13. The van der Waals surface area contributed by atoms with Gasteiger partial charge in [-0.25, -0.2) is 5.84 Å². The number of rotatable bonds is 4. The monoisotopic (exact) mass is 223 g/mol. The molecule has 2 amide bonds. The van der Waals surface area contributed by atoms with E-state index in [1.165, 1.54) is 0 Å². The minimum absolute atomic E-state index is 0.408. The first-order valence-electron chi connectivity index (χ1n) is 4.66. The van der Waals surface area contributed by atoms with Crippen molar-refractivity contribution in [3.8, 4) is 0 Å². The number of amides is 2. The lowest BCUT2D eigenvalue weighted by Gasteiger charge is -2.14. The van der Waals surface area contributed by atoms with E-state index in [2.05, 4.69) is 5.32 Å². The molecule has 1 rings (SSSR count). The predicted octanol–water partition coefficient (Wildman–Crippen LogP) is -1.23. The number of hydrogen-bond donors (Lipinski definition) is 4. The predicted molar refractivity (Wildman–Crippen MR) is 57.1 cm³/mol. The van der Waals surface area contributed by atoms with E-state index in [0.29, 0.717) is 5.56 Å². The highest BCUT2D eigenvalue weighted by molar-refractivity contribution is 5.97. The van der Waals surface area contributed by atoms with Crippen LogP contribution in [-0.4, -0.2) is 29.6 Å². The van der Waals surface area contributed by atoms with Gasteiger partial charge in [-0.3, -0.25) is 15.0 Å². The summed E-state index contributed by atoms with van der Waals surface area (Å²) in [5.41, 5.74) is 2.27. The van der Waals surface area contributed by atoms with Crippen molar-refractivity contribution in [2.75, 3.05) is 6.61 Å². The van der Waals surface area contributed by atoms with Gasteiger partial charge < -0.3 is 10.4 Å². The van der Waals surface area contributed by atoms with E-state index in [0.717, 1.165) is 0 Å². The molecule has 16 heavy (non-hydrogen) atoms. The van der Waals surface area contributed by atoms with Crippen molar-refractivity contribution in [2.24, 2.45) is 5.84 Å². The van der Waals surface area contributed by atoms with Gasteiger partial charge >= 0.3 is 0 Å². The number of hydrogen-bond acceptors (Lipinski definition) is 4. The first-order chi connectivity index (χ1) is 7.69. The first-order valence-corrected chi connectivity index (χ1v) is 4.66. The van der Waals surface area contributed by atoms with Crippen LogP contribution in [0.1, 0.15) is 10.4 Å². The Morgan fingerprint density at radius 1 is 1.31 bits per heavy atom. The van der Waals surface area contributed by atoms with Crippen LogP contribution in [0.5, 0.6) is 0 Å². The smallest absolute Gasteiger partial charge is 0.258 e. The Labute approximate surface area is 92.4 Å². The van der Waals surface area contributed by atoms with Crippen LogP contribution in [-0.2, 0) is 4.79 Å². The molecule has 5 N–H and O–H groups in total. The van der Waals surface area contributed by atoms with Crippen molar-refractivity contribution in [1.82, 2.24) is 10.7 Å². The average molecular weight is 223 g/mol. The number of aliphatic hydroxyl groups excluding tert-OH is 1. The summed E-state index contributed by atoms with van der Waals surface area (Å²) in [7, 11) is 0. The summed E-state index contributed by atoms with van der Waals surface area (Å²) in [5.74, 6) is 3.81. The van der Waals surface area contributed by atoms with E-state index < -0.39 is 24.5 Å². The molecule has 0 saturated heterocycles. The molecule has 0 aromatic heterocycles. The molecule has 6 heteroatoms. The third kappa shape index (κ3) is 3.04. The van der Waals surface area contributed by atoms with Crippen LogP contribution in [0.2, 0.25) is 0 Å². The number of nitrogens with one attached hydrogen (secondary N) is 2. The van der Waals surface area contributed by atoms with Crippen LogP contribution in [0.25, 0.3) is 0 Å². The molecule has 1 aromatic carbocycles. The first kappa shape index (κ1) is 12.2. The highest BCUT2D eigenvalue weighted by atomic mass is 16.3. The zero-order valence-electron chi connectivity index (χ0n) is 8.51. The van der Waals surface area contributed by atoms with E-state index in [1.54, 1.807) is 30.3 Å². The van der Waals surface area contributed by atoms with Crippen molar-refractivity contribution < 1.29 is 14.7 Å². The van der Waals surface area contributed by atoms with E-state index in [-0.39, 0.29) is 0 Å². The Balaban J connectivity index is 2.66. The quantitative estimate of drug-likeness (QED) is 0.291. The highest BCUT2D eigenvalue weighted by Crippen LogP contribution is 1.98. The van der Waals surface area contributed by atoms with E-state index in [1.807, 2.05) is 5.43 Å². The highest BCUT2D eigenvalue weighted by Gasteiger charge is 2.19. The standard InChI is InChI=1S/C10H13N3O3/c11-13-10(16)8(6-14)12-9(15)7-4-2-1-3-5-7/h1-5,8,14H,6,11H2,(H,12,15)(H,13,16)/t8-/m1/s1. The van der Waals surface area contributed by atoms with Gasteiger partial charge in [0.1, 0.15) is 6.04 Å². The minimum atomic E-state index is -1.04. The maximum Gasteiger partial charge on any atom is 0.258 e. The fraction of sp³-hybridized carbons (Fsp3) is 0.200. The Morgan fingerprint density at radius 2 is 1.94 bits per heavy atom. The lowest BCUT2D eigenvalue weighted by Crippen LogP contribution is -2.50. The summed E-state index contributed by atoms with van der Waals surface area (Å²) in [6.07, 6.45) is 0. The second-order valence-corrected chi connectivity index (χ2v) is 3.08. The summed E-state index contributed by atoms with van der Waals surface area (Å²) in [5, 5.41) is 11.2. The molecule has 6 nitrogen and oxygen atoms in total. The molecule has 0 aliphatic heterocycles. The van der Waals surface area contributed by atoms with Crippen LogP contribution in [0.3, 0.4) is 0 Å². The molecule has 0 heterocycles. The molecule has 0 bridgehead atoms. The Hall–Kier alpha value is -1.92. The average Bonchev–Trinajstić information content (AvgIpc) is 2.35. The molecular weight excluding hydrogens is 210 g/mol. The molecule has 1 aromatic rings. The van der Waals surface area contributed by atoms with Gasteiger partial charge in [-0.15, -0.1) is 0 Å². The van der Waals surface area contributed by atoms with E-state index in [4.69, 9.17) is 10.9 Å². The SMILES string of the molecule is NNC(=O)[C@@H](CO)NC(=O)c1ccccc1. The molecule has 1 atom stereocenters. The van der Waals surface area contributed by atoms with Gasteiger partial charge in [0, 0.05) is 5.56 Å². The number of benzene rings is 1. The third-order valence-electron chi connectivity index (χ3n) is 1.98. The van der Waals surface area contributed by atoms with Crippen LogP contribution in [0, 0.1) is 0 Å². The van der Waals surface area contributed by atoms with Crippen molar-refractivity contribution in [1.29, 1.82) is 0 Å². The van der Waals surface area contributed by atoms with Crippen LogP contribution in [0.4, 0.5) is 0 Å². The lowest BCUT2D eigenvalue weighted by atomic mass is 10.2. The molecule has 0 fully saturated rings. The van der Waals surface area contributed by atoms with Gasteiger partial charge in [0.05, 0.1) is 6.61 Å². The topological polar surface area (TPSA) is 104 Å². The van der Waals surface area contributed by atoms with Crippen LogP contribution >= 0.6 is 0 Å². The Morgan fingerprint density at radius 3 is 2.44 bits per heavy atom.